The van der Waals surface area contributed by atoms with Crippen molar-refractivity contribution < 1.29 is 4.79 Å². The fourth-order valence-electron chi connectivity index (χ4n) is 3.11. The summed E-state index contributed by atoms with van der Waals surface area (Å²) in [4.78, 5) is 29.8. The Balaban J connectivity index is 2.02. The minimum atomic E-state index is -0.733. The van der Waals surface area contributed by atoms with Gasteiger partial charge in [0.2, 0.25) is 5.91 Å². The van der Waals surface area contributed by atoms with Gasteiger partial charge in [-0.2, -0.15) is 0 Å². The van der Waals surface area contributed by atoms with E-state index in [9.17, 15) is 4.79 Å². The summed E-state index contributed by atoms with van der Waals surface area (Å²) in [6.07, 6.45) is 8.52. The zero-order chi connectivity index (χ0) is 15.6. The van der Waals surface area contributed by atoms with Gasteiger partial charge in [0.15, 0.2) is 0 Å². The lowest BCUT2D eigenvalue weighted by Crippen LogP contribution is -2.52. The molecule has 0 spiro atoms. The molecule has 0 saturated carbocycles. The number of rotatable bonds is 4. The van der Waals surface area contributed by atoms with Gasteiger partial charge in [0.25, 0.3) is 0 Å². The fraction of sp³-hybridized carbons (Fsp3) is 0.467. The van der Waals surface area contributed by atoms with Crippen molar-refractivity contribution >= 4 is 17.2 Å². The molecule has 0 aliphatic carbocycles. The summed E-state index contributed by atoms with van der Waals surface area (Å²) >= 11 is 1.61. The largest absolute Gasteiger partial charge is 0.347 e. The zero-order valence-electron chi connectivity index (χ0n) is 12.8. The Labute approximate surface area is 133 Å². The van der Waals surface area contributed by atoms with E-state index in [1.807, 2.05) is 5.38 Å². The summed E-state index contributed by atoms with van der Waals surface area (Å²) in [5, 5.41) is 2.98. The van der Waals surface area contributed by atoms with Crippen molar-refractivity contribution in [3.8, 4) is 0 Å². The molecule has 0 bridgehead atoms. The lowest BCUT2D eigenvalue weighted by molar-refractivity contribution is -0.141. The number of carbonyl (C=O) groups excluding carboxylic acids is 1. The minimum absolute atomic E-state index is 0.0575. The predicted molar refractivity (Wildman–Crippen MR) is 84.2 cm³/mol. The molecule has 2 aromatic rings. The highest BCUT2D eigenvalue weighted by molar-refractivity contribution is 7.09. The zero-order valence-corrected chi connectivity index (χ0v) is 13.6. The van der Waals surface area contributed by atoms with E-state index in [4.69, 9.17) is 0 Å². The number of likely N-dealkylation sites (N-methyl/N-ethyl adjacent to an activating group) is 1. The van der Waals surface area contributed by atoms with Gasteiger partial charge in [-0.1, -0.05) is 0 Å². The number of thiazole rings is 1. The second-order valence-electron chi connectivity index (χ2n) is 5.60. The minimum Gasteiger partial charge on any atom is -0.347 e. The highest BCUT2D eigenvalue weighted by Gasteiger charge is 2.51. The third-order valence-corrected chi connectivity index (χ3v) is 4.83. The van der Waals surface area contributed by atoms with Crippen molar-refractivity contribution in [2.24, 2.45) is 0 Å². The van der Waals surface area contributed by atoms with Gasteiger partial charge < -0.3 is 4.90 Å². The molecule has 7 heteroatoms. The molecule has 1 amide bonds. The molecule has 116 valence electrons. The summed E-state index contributed by atoms with van der Waals surface area (Å²) in [6.45, 7) is 1.52. The van der Waals surface area contributed by atoms with Crippen molar-refractivity contribution in [3.05, 3.63) is 40.9 Å². The lowest BCUT2D eigenvalue weighted by atomic mass is 9.90. The second kappa shape index (κ2) is 6.10. The quantitative estimate of drug-likeness (QED) is 0.855. The highest BCUT2D eigenvalue weighted by atomic mass is 32.1. The van der Waals surface area contributed by atoms with Crippen LogP contribution < -0.4 is 0 Å². The van der Waals surface area contributed by atoms with Crippen molar-refractivity contribution in [1.82, 2.24) is 24.8 Å². The molecule has 1 aliphatic heterocycles. The number of hydrogen-bond acceptors (Lipinski definition) is 6. The first-order valence-electron chi connectivity index (χ1n) is 7.26. The smallest absolute Gasteiger partial charge is 0.248 e. The molecule has 1 atom stereocenters. The van der Waals surface area contributed by atoms with E-state index >= 15 is 0 Å². The van der Waals surface area contributed by atoms with Crippen molar-refractivity contribution in [3.63, 3.8) is 0 Å². The number of amides is 1. The average molecular weight is 317 g/mol. The number of likely N-dealkylation sites (tertiary alicyclic amines) is 1. The van der Waals surface area contributed by atoms with Crippen molar-refractivity contribution in [2.75, 3.05) is 20.6 Å². The molecule has 1 saturated heterocycles. The summed E-state index contributed by atoms with van der Waals surface area (Å²) in [5.74, 6) is 0.0575. The fourth-order valence-corrected chi connectivity index (χ4v) is 3.74. The van der Waals surface area contributed by atoms with Crippen LogP contribution in [-0.4, -0.2) is 51.3 Å². The van der Waals surface area contributed by atoms with Crippen LogP contribution in [-0.2, 0) is 16.9 Å². The number of aromatic nitrogens is 3. The monoisotopic (exact) mass is 317 g/mol. The van der Waals surface area contributed by atoms with Gasteiger partial charge in [0.1, 0.15) is 10.5 Å². The first-order chi connectivity index (χ1) is 10.6. The average Bonchev–Trinajstić information content (AvgIpc) is 3.18. The van der Waals surface area contributed by atoms with Gasteiger partial charge >= 0.3 is 0 Å². The van der Waals surface area contributed by atoms with Crippen LogP contribution in [0.5, 0.6) is 0 Å². The third-order valence-electron chi connectivity index (χ3n) is 4.06. The van der Waals surface area contributed by atoms with Crippen molar-refractivity contribution in [2.45, 2.75) is 24.9 Å². The van der Waals surface area contributed by atoms with Crippen LogP contribution in [0.2, 0.25) is 0 Å². The molecule has 22 heavy (non-hydrogen) atoms. The molecule has 2 aromatic heterocycles. The van der Waals surface area contributed by atoms with Gasteiger partial charge in [-0.3, -0.25) is 19.7 Å². The van der Waals surface area contributed by atoms with Crippen LogP contribution in [0.25, 0.3) is 0 Å². The molecular formula is C15H19N5OS. The van der Waals surface area contributed by atoms with E-state index in [0.29, 0.717) is 6.54 Å². The Morgan fingerprint density at radius 2 is 2.23 bits per heavy atom. The van der Waals surface area contributed by atoms with E-state index in [1.165, 1.54) is 0 Å². The van der Waals surface area contributed by atoms with Crippen LogP contribution in [0.3, 0.4) is 0 Å². The molecule has 6 nitrogen and oxygen atoms in total. The number of nitrogens with zero attached hydrogens (tertiary/aromatic N) is 5. The maximum absolute atomic E-state index is 13.0. The summed E-state index contributed by atoms with van der Waals surface area (Å²) in [5.41, 5.74) is -0.00793. The summed E-state index contributed by atoms with van der Waals surface area (Å²) in [7, 11) is 3.58. The molecule has 1 fully saturated rings. The number of carbonyl (C=O) groups is 1. The highest BCUT2D eigenvalue weighted by Crippen LogP contribution is 2.40. The predicted octanol–water partition coefficient (Wildman–Crippen LogP) is 1.51. The Bertz CT molecular complexity index is 631. The van der Waals surface area contributed by atoms with E-state index in [0.717, 1.165) is 30.1 Å². The Hall–Kier alpha value is -1.86. The molecule has 0 aromatic carbocycles. The standard InChI is InChI=1S/C15H19N5OS/c1-19(2)14(21)15(12-10-16-5-6-17-12)4-3-8-20(15)11-13-18-7-9-22-13/h5-7,9-10H,3-4,8,11H2,1-2H3. The van der Waals surface area contributed by atoms with Gasteiger partial charge in [0.05, 0.1) is 18.4 Å². The second-order valence-corrected chi connectivity index (χ2v) is 6.58. The van der Waals surface area contributed by atoms with E-state index in [-0.39, 0.29) is 5.91 Å². The first-order valence-corrected chi connectivity index (χ1v) is 8.14. The van der Waals surface area contributed by atoms with E-state index < -0.39 is 5.54 Å². The molecular weight excluding hydrogens is 298 g/mol. The van der Waals surface area contributed by atoms with Gasteiger partial charge in [-0.25, -0.2) is 4.98 Å². The molecule has 1 aliphatic rings. The first kappa shape index (κ1) is 15.1. The SMILES string of the molecule is CN(C)C(=O)C1(c2cnccn2)CCCN1Cc1nccs1. The maximum Gasteiger partial charge on any atom is 0.248 e. The topological polar surface area (TPSA) is 62.2 Å². The van der Waals surface area contributed by atoms with Crippen LogP contribution >= 0.6 is 11.3 Å². The molecule has 3 heterocycles. The van der Waals surface area contributed by atoms with Gasteiger partial charge in [-0.05, 0) is 12.8 Å². The Morgan fingerprint density at radius 1 is 1.36 bits per heavy atom. The molecule has 3 rings (SSSR count). The van der Waals surface area contributed by atoms with Crippen LogP contribution in [0.4, 0.5) is 0 Å². The van der Waals surface area contributed by atoms with E-state index in [2.05, 4.69) is 19.9 Å². The van der Waals surface area contributed by atoms with Gasteiger partial charge in [-0.15, -0.1) is 11.3 Å². The van der Waals surface area contributed by atoms with Crippen LogP contribution in [0.1, 0.15) is 23.5 Å². The summed E-state index contributed by atoms with van der Waals surface area (Å²) < 4.78 is 0. The molecule has 1 unspecified atom stereocenters. The Morgan fingerprint density at radius 3 is 2.86 bits per heavy atom. The Kier molecular flexibility index (Phi) is 4.17. The maximum atomic E-state index is 13.0. The molecule has 0 radical (unpaired) electrons. The van der Waals surface area contributed by atoms with Crippen LogP contribution in [0, 0.1) is 0 Å². The van der Waals surface area contributed by atoms with Crippen molar-refractivity contribution in [1.29, 1.82) is 0 Å². The van der Waals surface area contributed by atoms with E-state index in [1.54, 1.807) is 55.1 Å². The normalized spacial score (nSPS) is 21.9. The summed E-state index contributed by atoms with van der Waals surface area (Å²) in [6, 6.07) is 0. The lowest BCUT2D eigenvalue weighted by Gasteiger charge is -2.37. The van der Waals surface area contributed by atoms with Crippen LogP contribution in [0.15, 0.2) is 30.2 Å². The van der Waals surface area contributed by atoms with Gasteiger partial charge in [0, 0.05) is 44.6 Å². The third kappa shape index (κ3) is 2.50. The molecule has 0 N–H and O–H groups in total. The number of hydrogen-bond donors (Lipinski definition) is 0.